The first-order valence-corrected chi connectivity index (χ1v) is 16.0. The van der Waals surface area contributed by atoms with Crippen molar-refractivity contribution in [1.82, 2.24) is 0 Å². The molecule has 0 radical (unpaired) electrons. The summed E-state index contributed by atoms with van der Waals surface area (Å²) in [5.41, 5.74) is 11.3. The third kappa shape index (κ3) is 4.17. The molecule has 1 aliphatic carbocycles. The minimum absolute atomic E-state index is 0.278. The van der Waals surface area contributed by atoms with Gasteiger partial charge in [0, 0.05) is 44.5 Å². The van der Waals surface area contributed by atoms with Crippen molar-refractivity contribution in [3.05, 3.63) is 186 Å². The van der Waals surface area contributed by atoms with E-state index in [0.717, 1.165) is 44.9 Å². The quantitative estimate of drug-likeness (QED) is 0.193. The van der Waals surface area contributed by atoms with Gasteiger partial charge in [0.1, 0.15) is 11.6 Å². The molecule has 1 unspecified atom stereocenters. The molecular weight excluding hydrogens is 577 g/mol. The van der Waals surface area contributed by atoms with Gasteiger partial charge in [-0.3, -0.25) is 0 Å². The first kappa shape index (κ1) is 27.4. The number of rotatable bonds is 5. The Morgan fingerprint density at radius 1 is 0.553 bits per heavy atom. The van der Waals surface area contributed by atoms with Gasteiger partial charge in [-0.15, -0.1) is 0 Å². The SMILES string of the molecule is Cc1c2c(c3cccc4c3c1-c1ccccc1-4)OC(c1ccc(F)cc1)(c1ccc(N(c3ccccc3)c3ccccc3)cc1)C=C2. The minimum atomic E-state index is -0.971. The van der Waals surface area contributed by atoms with Crippen LogP contribution in [0, 0.1) is 12.7 Å². The fourth-order valence-electron chi connectivity index (χ4n) is 7.49. The number of halogens is 1. The molecule has 0 saturated heterocycles. The molecule has 0 fully saturated rings. The Hall–Kier alpha value is -5.93. The topological polar surface area (TPSA) is 12.5 Å². The van der Waals surface area contributed by atoms with Gasteiger partial charge in [0.25, 0.3) is 0 Å². The molecule has 0 saturated carbocycles. The molecule has 0 amide bonds. The summed E-state index contributed by atoms with van der Waals surface area (Å²) < 4.78 is 21.6. The maximum absolute atomic E-state index is 14.3. The minimum Gasteiger partial charge on any atom is -0.472 e. The zero-order valence-corrected chi connectivity index (χ0v) is 25.8. The average Bonchev–Trinajstić information content (AvgIpc) is 3.47. The molecule has 9 rings (SSSR count). The molecule has 224 valence electrons. The van der Waals surface area contributed by atoms with Crippen LogP contribution in [0.2, 0.25) is 0 Å². The van der Waals surface area contributed by atoms with E-state index in [1.807, 2.05) is 24.3 Å². The Morgan fingerprint density at radius 2 is 1.11 bits per heavy atom. The molecule has 0 aromatic heterocycles. The van der Waals surface area contributed by atoms with E-state index in [1.165, 1.54) is 45.3 Å². The van der Waals surface area contributed by atoms with Crippen molar-refractivity contribution in [1.29, 1.82) is 0 Å². The standard InChI is InChI=1S/C44H30FNO/c1-29-36-27-28-44(30-19-23-32(45)24-20-30,47-43(36)40-18-10-17-39-37-15-8-9-16-38(37)41(29)42(39)40)31-21-25-35(26-22-31)46(33-11-4-2-5-12-33)34-13-6-3-7-14-34/h2-28H,1H3. The van der Waals surface area contributed by atoms with Crippen LogP contribution in [0.5, 0.6) is 5.75 Å². The molecule has 0 N–H and O–H groups in total. The molecule has 2 aliphatic rings. The number of nitrogens with zero attached hydrogens (tertiary/aromatic N) is 1. The number of ether oxygens (including phenoxy) is 1. The summed E-state index contributed by atoms with van der Waals surface area (Å²) in [6.07, 6.45) is 4.34. The number of hydrogen-bond donors (Lipinski definition) is 0. The van der Waals surface area contributed by atoms with Gasteiger partial charge in [-0.2, -0.15) is 0 Å². The van der Waals surface area contributed by atoms with Gasteiger partial charge < -0.3 is 9.64 Å². The molecule has 2 nitrogen and oxygen atoms in total. The summed E-state index contributed by atoms with van der Waals surface area (Å²) in [4.78, 5) is 2.24. The van der Waals surface area contributed by atoms with Crippen molar-refractivity contribution in [2.24, 2.45) is 0 Å². The van der Waals surface area contributed by atoms with E-state index >= 15 is 0 Å². The van der Waals surface area contributed by atoms with Crippen molar-refractivity contribution < 1.29 is 9.13 Å². The summed E-state index contributed by atoms with van der Waals surface area (Å²) in [6.45, 7) is 2.20. The fraction of sp³-hybridized carbons (Fsp3) is 0.0455. The van der Waals surface area contributed by atoms with E-state index in [1.54, 1.807) is 0 Å². The lowest BCUT2D eigenvalue weighted by Crippen LogP contribution is -2.34. The molecular formula is C44H30FNO. The third-order valence-electron chi connectivity index (χ3n) is 9.67. The van der Waals surface area contributed by atoms with Gasteiger partial charge >= 0.3 is 0 Å². The Labute approximate surface area is 273 Å². The van der Waals surface area contributed by atoms with E-state index in [9.17, 15) is 4.39 Å². The normalized spacial score (nSPS) is 15.6. The molecule has 1 heterocycles. The Balaban J connectivity index is 1.22. The van der Waals surface area contributed by atoms with E-state index in [4.69, 9.17) is 4.74 Å². The van der Waals surface area contributed by atoms with Crippen LogP contribution in [-0.2, 0) is 5.60 Å². The second kappa shape index (κ2) is 10.6. The molecule has 0 spiro atoms. The number of hydrogen-bond acceptors (Lipinski definition) is 2. The molecule has 7 aromatic carbocycles. The predicted molar refractivity (Wildman–Crippen MR) is 191 cm³/mol. The van der Waals surface area contributed by atoms with Gasteiger partial charge in [-0.05, 0) is 89.3 Å². The molecule has 7 aromatic rings. The third-order valence-corrected chi connectivity index (χ3v) is 9.67. The molecule has 3 heteroatoms. The van der Waals surface area contributed by atoms with Crippen LogP contribution < -0.4 is 9.64 Å². The average molecular weight is 608 g/mol. The summed E-state index contributed by atoms with van der Waals surface area (Å²) >= 11 is 0. The first-order chi connectivity index (χ1) is 23.1. The van der Waals surface area contributed by atoms with Crippen LogP contribution in [0.3, 0.4) is 0 Å². The van der Waals surface area contributed by atoms with Gasteiger partial charge in [-0.1, -0.05) is 109 Å². The van der Waals surface area contributed by atoms with E-state index in [0.29, 0.717) is 0 Å². The number of para-hydroxylation sites is 2. The maximum atomic E-state index is 14.3. The summed E-state index contributed by atoms with van der Waals surface area (Å²) in [5.74, 6) is 0.571. The van der Waals surface area contributed by atoms with Crippen LogP contribution in [0.1, 0.15) is 22.3 Å². The zero-order valence-electron chi connectivity index (χ0n) is 25.8. The fourth-order valence-corrected chi connectivity index (χ4v) is 7.49. The van der Waals surface area contributed by atoms with Crippen molar-refractivity contribution in [2.45, 2.75) is 12.5 Å². The second-order valence-electron chi connectivity index (χ2n) is 12.2. The summed E-state index contributed by atoms with van der Waals surface area (Å²) in [7, 11) is 0. The predicted octanol–water partition coefficient (Wildman–Crippen LogP) is 11.8. The number of benzene rings is 7. The highest BCUT2D eigenvalue weighted by molar-refractivity contribution is 6.19. The monoisotopic (exact) mass is 607 g/mol. The van der Waals surface area contributed by atoms with Gasteiger partial charge in [0.2, 0.25) is 0 Å². The van der Waals surface area contributed by atoms with Crippen LogP contribution in [0.4, 0.5) is 21.5 Å². The van der Waals surface area contributed by atoms with Crippen molar-refractivity contribution in [2.75, 3.05) is 4.90 Å². The van der Waals surface area contributed by atoms with E-state index in [2.05, 4.69) is 139 Å². The molecule has 47 heavy (non-hydrogen) atoms. The van der Waals surface area contributed by atoms with E-state index in [-0.39, 0.29) is 5.82 Å². The highest BCUT2D eigenvalue weighted by atomic mass is 19.1. The van der Waals surface area contributed by atoms with Crippen molar-refractivity contribution in [3.8, 4) is 28.0 Å². The van der Waals surface area contributed by atoms with Crippen LogP contribution >= 0.6 is 0 Å². The zero-order chi connectivity index (χ0) is 31.5. The van der Waals surface area contributed by atoms with E-state index < -0.39 is 5.60 Å². The molecule has 1 atom stereocenters. The lowest BCUT2D eigenvalue weighted by atomic mass is 9.82. The number of anilines is 3. The Kier molecular flexibility index (Phi) is 6.16. The van der Waals surface area contributed by atoms with Gasteiger partial charge in [-0.25, -0.2) is 4.39 Å². The van der Waals surface area contributed by atoms with Crippen molar-refractivity contribution in [3.63, 3.8) is 0 Å². The smallest absolute Gasteiger partial charge is 0.178 e. The van der Waals surface area contributed by atoms with Crippen LogP contribution in [0.25, 0.3) is 39.1 Å². The summed E-state index contributed by atoms with van der Waals surface area (Å²) in [5, 5.41) is 2.31. The second-order valence-corrected chi connectivity index (χ2v) is 12.2. The van der Waals surface area contributed by atoms with Crippen LogP contribution in [-0.4, -0.2) is 0 Å². The lowest BCUT2D eigenvalue weighted by Gasteiger charge is -2.37. The van der Waals surface area contributed by atoms with Gasteiger partial charge in [0.15, 0.2) is 5.60 Å². The lowest BCUT2D eigenvalue weighted by molar-refractivity contribution is 0.163. The highest BCUT2D eigenvalue weighted by Crippen LogP contribution is 2.55. The molecule has 1 aliphatic heterocycles. The summed E-state index contributed by atoms with van der Waals surface area (Å²) in [6, 6.07) is 51.1. The number of fused-ring (bicyclic) bond motifs is 5. The Morgan fingerprint density at radius 3 is 1.77 bits per heavy atom. The first-order valence-electron chi connectivity index (χ1n) is 16.0. The highest BCUT2D eigenvalue weighted by Gasteiger charge is 2.39. The Bertz CT molecular complexity index is 2290. The van der Waals surface area contributed by atoms with Crippen molar-refractivity contribution >= 4 is 33.9 Å². The largest absolute Gasteiger partial charge is 0.472 e. The molecule has 0 bridgehead atoms. The van der Waals surface area contributed by atoms with Gasteiger partial charge in [0.05, 0.1) is 0 Å². The maximum Gasteiger partial charge on any atom is 0.178 e. The van der Waals surface area contributed by atoms with Crippen LogP contribution in [0.15, 0.2) is 158 Å².